The Bertz CT molecular complexity index is 364. The van der Waals surface area contributed by atoms with Crippen molar-refractivity contribution >= 4 is 0 Å². The normalized spacial score (nSPS) is 23.8. The maximum absolute atomic E-state index is 4.12. The molecular formula is C11H20N6. The van der Waals surface area contributed by atoms with Gasteiger partial charge in [0, 0.05) is 52.4 Å². The van der Waals surface area contributed by atoms with Gasteiger partial charge in [-0.2, -0.15) is 0 Å². The number of piperazine rings is 1. The highest BCUT2D eigenvalue weighted by atomic mass is 15.3. The van der Waals surface area contributed by atoms with Gasteiger partial charge in [-0.3, -0.25) is 9.80 Å². The molecule has 6 nitrogen and oxygen atoms in total. The Kier molecular flexibility index (Phi) is 3.09. The van der Waals surface area contributed by atoms with Crippen LogP contribution >= 0.6 is 0 Å². The van der Waals surface area contributed by atoms with E-state index >= 15 is 0 Å². The Morgan fingerprint density at radius 3 is 2.76 bits per heavy atom. The van der Waals surface area contributed by atoms with Gasteiger partial charge in [-0.05, 0) is 0 Å². The molecule has 94 valence electrons. The van der Waals surface area contributed by atoms with Crippen molar-refractivity contribution in [3.05, 3.63) is 12.2 Å². The molecule has 0 saturated carbocycles. The van der Waals surface area contributed by atoms with Crippen LogP contribution in [0.25, 0.3) is 0 Å². The maximum Gasteiger partial charge on any atom is 0.146 e. The van der Waals surface area contributed by atoms with Crippen LogP contribution in [0.3, 0.4) is 0 Å². The lowest BCUT2D eigenvalue weighted by atomic mass is 10.1. The minimum atomic E-state index is 0.755. The highest BCUT2D eigenvalue weighted by molar-refractivity contribution is 4.93. The zero-order chi connectivity index (χ0) is 11.7. The third-order valence-electron chi connectivity index (χ3n) is 3.78. The van der Waals surface area contributed by atoms with Crippen molar-refractivity contribution in [2.75, 3.05) is 39.3 Å². The molecule has 0 spiro atoms. The second-order valence-corrected chi connectivity index (χ2v) is 4.99. The van der Waals surface area contributed by atoms with Crippen LogP contribution in [0.2, 0.25) is 0 Å². The van der Waals surface area contributed by atoms with E-state index in [2.05, 4.69) is 25.3 Å². The quantitative estimate of drug-likeness (QED) is 0.722. The molecule has 1 aromatic heterocycles. The van der Waals surface area contributed by atoms with Crippen molar-refractivity contribution in [2.24, 2.45) is 7.05 Å². The second-order valence-electron chi connectivity index (χ2n) is 4.99. The van der Waals surface area contributed by atoms with Gasteiger partial charge >= 0.3 is 0 Å². The van der Waals surface area contributed by atoms with Crippen molar-refractivity contribution in [1.29, 1.82) is 0 Å². The van der Waals surface area contributed by atoms with Gasteiger partial charge in [-0.25, -0.2) is 0 Å². The number of rotatable bonds is 3. The molecule has 0 radical (unpaired) electrons. The highest BCUT2D eigenvalue weighted by Gasteiger charge is 2.32. The van der Waals surface area contributed by atoms with Gasteiger partial charge in [-0.15, -0.1) is 10.2 Å². The molecule has 1 N–H and O–H groups in total. The molecule has 17 heavy (non-hydrogen) atoms. The van der Waals surface area contributed by atoms with E-state index in [1.165, 1.54) is 26.2 Å². The summed E-state index contributed by atoms with van der Waals surface area (Å²) in [6.07, 6.45) is 1.77. The number of likely N-dealkylation sites (tertiary alicyclic amines) is 1. The first kappa shape index (κ1) is 11.1. The van der Waals surface area contributed by atoms with Gasteiger partial charge in [0.25, 0.3) is 0 Å². The molecule has 2 aliphatic heterocycles. The molecule has 0 amide bonds. The third-order valence-corrected chi connectivity index (χ3v) is 3.78. The topological polar surface area (TPSA) is 49.2 Å². The van der Waals surface area contributed by atoms with Gasteiger partial charge in [0.05, 0.1) is 6.54 Å². The highest BCUT2D eigenvalue weighted by Crippen LogP contribution is 2.17. The van der Waals surface area contributed by atoms with E-state index in [1.807, 2.05) is 11.6 Å². The summed E-state index contributed by atoms with van der Waals surface area (Å²) >= 11 is 0. The summed E-state index contributed by atoms with van der Waals surface area (Å²) in [7, 11) is 2.00. The monoisotopic (exact) mass is 236 g/mol. The Morgan fingerprint density at radius 2 is 2.12 bits per heavy atom. The predicted octanol–water partition coefficient (Wildman–Crippen LogP) is -1.10. The molecule has 0 atom stereocenters. The van der Waals surface area contributed by atoms with Gasteiger partial charge in [0.15, 0.2) is 0 Å². The molecular weight excluding hydrogens is 216 g/mol. The molecule has 2 saturated heterocycles. The molecule has 2 fully saturated rings. The molecule has 0 bridgehead atoms. The molecule has 0 aromatic carbocycles. The standard InChI is InChI=1S/C11H20N6/c1-15-9-13-14-11(15)8-16-6-10(7-16)17-4-2-12-3-5-17/h9-10,12H,2-8H2,1H3. The fourth-order valence-electron chi connectivity index (χ4n) is 2.60. The smallest absolute Gasteiger partial charge is 0.146 e. The van der Waals surface area contributed by atoms with Gasteiger partial charge in [0.2, 0.25) is 0 Å². The van der Waals surface area contributed by atoms with Gasteiger partial charge < -0.3 is 9.88 Å². The lowest BCUT2D eigenvalue weighted by molar-refractivity contribution is 0.0203. The molecule has 3 rings (SSSR count). The Labute approximate surface area is 102 Å². The largest absolute Gasteiger partial charge is 0.320 e. The lowest BCUT2D eigenvalue weighted by Gasteiger charge is -2.46. The summed E-state index contributed by atoms with van der Waals surface area (Å²) in [5, 5.41) is 11.4. The minimum absolute atomic E-state index is 0.755. The number of hydrogen-bond acceptors (Lipinski definition) is 5. The van der Waals surface area contributed by atoms with Crippen molar-refractivity contribution in [3.8, 4) is 0 Å². The van der Waals surface area contributed by atoms with E-state index < -0.39 is 0 Å². The summed E-state index contributed by atoms with van der Waals surface area (Å²) in [6, 6.07) is 0.755. The van der Waals surface area contributed by atoms with Gasteiger partial charge in [-0.1, -0.05) is 0 Å². The van der Waals surface area contributed by atoms with Crippen molar-refractivity contribution in [3.63, 3.8) is 0 Å². The molecule has 0 unspecified atom stereocenters. The van der Waals surface area contributed by atoms with Crippen molar-refractivity contribution in [1.82, 2.24) is 29.9 Å². The van der Waals surface area contributed by atoms with Crippen LogP contribution in [0.15, 0.2) is 6.33 Å². The van der Waals surface area contributed by atoms with Crippen molar-refractivity contribution < 1.29 is 0 Å². The summed E-state index contributed by atoms with van der Waals surface area (Å²) in [6.45, 7) is 7.95. The van der Waals surface area contributed by atoms with Gasteiger partial charge in [0.1, 0.15) is 12.2 Å². The zero-order valence-electron chi connectivity index (χ0n) is 10.3. The summed E-state index contributed by atoms with van der Waals surface area (Å²) < 4.78 is 2.00. The minimum Gasteiger partial charge on any atom is -0.320 e. The number of nitrogens with zero attached hydrogens (tertiary/aromatic N) is 5. The summed E-state index contributed by atoms with van der Waals surface area (Å²) in [5.41, 5.74) is 0. The molecule has 0 aliphatic carbocycles. The fourth-order valence-corrected chi connectivity index (χ4v) is 2.60. The first-order chi connectivity index (χ1) is 8.33. The first-order valence-electron chi connectivity index (χ1n) is 6.33. The van der Waals surface area contributed by atoms with E-state index in [1.54, 1.807) is 6.33 Å². The molecule has 2 aliphatic rings. The number of aromatic nitrogens is 3. The molecule has 3 heterocycles. The SMILES string of the molecule is Cn1cnnc1CN1CC(N2CCNCC2)C1. The second kappa shape index (κ2) is 4.72. The fraction of sp³-hybridized carbons (Fsp3) is 0.818. The first-order valence-corrected chi connectivity index (χ1v) is 6.33. The molecule has 6 heteroatoms. The van der Waals surface area contributed by atoms with Crippen LogP contribution < -0.4 is 5.32 Å². The zero-order valence-corrected chi connectivity index (χ0v) is 10.3. The number of nitrogens with one attached hydrogen (secondary N) is 1. The van der Waals surface area contributed by atoms with E-state index in [4.69, 9.17) is 0 Å². The van der Waals surface area contributed by atoms with E-state index in [0.717, 1.165) is 31.5 Å². The van der Waals surface area contributed by atoms with E-state index in [-0.39, 0.29) is 0 Å². The summed E-state index contributed by atoms with van der Waals surface area (Å²) in [4.78, 5) is 5.04. The predicted molar refractivity (Wildman–Crippen MR) is 64.5 cm³/mol. The lowest BCUT2D eigenvalue weighted by Crippen LogP contribution is -2.62. The average Bonchev–Trinajstić information content (AvgIpc) is 2.70. The van der Waals surface area contributed by atoms with Crippen LogP contribution in [-0.2, 0) is 13.6 Å². The van der Waals surface area contributed by atoms with Crippen molar-refractivity contribution in [2.45, 2.75) is 12.6 Å². The van der Waals surface area contributed by atoms with Crippen LogP contribution in [-0.4, -0.2) is 69.9 Å². The summed E-state index contributed by atoms with van der Waals surface area (Å²) in [5.74, 6) is 1.06. The Balaban J connectivity index is 1.46. The van der Waals surface area contributed by atoms with Crippen LogP contribution in [0.1, 0.15) is 5.82 Å². The number of aryl methyl sites for hydroxylation is 1. The third kappa shape index (κ3) is 2.34. The van der Waals surface area contributed by atoms with E-state index in [0.29, 0.717) is 0 Å². The maximum atomic E-state index is 4.12. The average molecular weight is 236 g/mol. The number of hydrogen-bond donors (Lipinski definition) is 1. The molecule has 1 aromatic rings. The van der Waals surface area contributed by atoms with Crippen LogP contribution in [0.5, 0.6) is 0 Å². The van der Waals surface area contributed by atoms with E-state index in [9.17, 15) is 0 Å². The Morgan fingerprint density at radius 1 is 1.35 bits per heavy atom. The Hall–Kier alpha value is -0.980. The van der Waals surface area contributed by atoms with Crippen LogP contribution in [0, 0.1) is 0 Å². The van der Waals surface area contributed by atoms with Crippen LogP contribution in [0.4, 0.5) is 0 Å².